The van der Waals surface area contributed by atoms with Gasteiger partial charge >= 0.3 is 5.97 Å². The Balaban J connectivity index is 3.11. The van der Waals surface area contributed by atoms with Crippen LogP contribution in [0.2, 0.25) is 0 Å². The first-order valence-corrected chi connectivity index (χ1v) is 4.98. The van der Waals surface area contributed by atoms with Crippen molar-refractivity contribution in [2.24, 2.45) is 0 Å². The van der Waals surface area contributed by atoms with Crippen molar-refractivity contribution in [1.29, 1.82) is 0 Å². The van der Waals surface area contributed by atoms with Gasteiger partial charge in [-0.05, 0) is 24.6 Å². The first-order chi connectivity index (χ1) is 7.60. The van der Waals surface area contributed by atoms with Gasteiger partial charge in [-0.1, -0.05) is 6.07 Å². The van der Waals surface area contributed by atoms with Crippen LogP contribution in [0.15, 0.2) is 18.2 Å². The van der Waals surface area contributed by atoms with E-state index in [1.54, 1.807) is 26.2 Å². The van der Waals surface area contributed by atoms with Gasteiger partial charge in [-0.3, -0.25) is 4.79 Å². The summed E-state index contributed by atoms with van der Waals surface area (Å²) in [6, 6.07) is 5.44. The summed E-state index contributed by atoms with van der Waals surface area (Å²) in [6.07, 6.45) is 0. The Morgan fingerprint density at radius 1 is 1.44 bits per heavy atom. The van der Waals surface area contributed by atoms with Gasteiger partial charge in [-0.25, -0.2) is 0 Å². The minimum absolute atomic E-state index is 0.462. The third-order valence-corrected chi connectivity index (χ3v) is 2.44. The number of carboxylic acid groups (broad SMARTS) is 1. The summed E-state index contributed by atoms with van der Waals surface area (Å²) in [7, 11) is 3.13. The summed E-state index contributed by atoms with van der Waals surface area (Å²) in [4.78, 5) is 11.0. The van der Waals surface area contributed by atoms with Crippen molar-refractivity contribution in [3.05, 3.63) is 29.3 Å². The molecule has 0 aliphatic rings. The van der Waals surface area contributed by atoms with Crippen LogP contribution < -0.4 is 4.74 Å². The van der Waals surface area contributed by atoms with E-state index in [1.807, 2.05) is 6.07 Å². The number of hydrogen-bond acceptors (Lipinski definition) is 3. The molecule has 0 spiro atoms. The van der Waals surface area contributed by atoms with Crippen LogP contribution >= 0.6 is 0 Å². The maximum atomic E-state index is 11.0. The Morgan fingerprint density at radius 2 is 2.12 bits per heavy atom. The summed E-state index contributed by atoms with van der Waals surface area (Å²) in [5.41, 5.74) is 1.61. The molecular weight excluding hydrogens is 208 g/mol. The molecule has 4 nitrogen and oxygen atoms in total. The summed E-state index contributed by atoms with van der Waals surface area (Å²) in [6.45, 7) is 2.10. The molecule has 4 heteroatoms. The van der Waals surface area contributed by atoms with Gasteiger partial charge in [-0.2, -0.15) is 0 Å². The minimum Gasteiger partial charge on any atom is -0.496 e. The number of benzene rings is 1. The fourth-order valence-electron chi connectivity index (χ4n) is 1.51. The molecule has 0 saturated heterocycles. The van der Waals surface area contributed by atoms with Crippen LogP contribution in [0.25, 0.3) is 0 Å². The van der Waals surface area contributed by atoms with E-state index >= 15 is 0 Å². The smallest absolute Gasteiger partial charge is 0.310 e. The molecule has 88 valence electrons. The third-order valence-electron chi connectivity index (χ3n) is 2.44. The summed E-state index contributed by atoms with van der Waals surface area (Å²) >= 11 is 0. The Labute approximate surface area is 94.8 Å². The Morgan fingerprint density at radius 3 is 2.62 bits per heavy atom. The van der Waals surface area contributed by atoms with Crippen molar-refractivity contribution >= 4 is 5.97 Å². The molecule has 0 heterocycles. The van der Waals surface area contributed by atoms with E-state index in [2.05, 4.69) is 0 Å². The summed E-state index contributed by atoms with van der Waals surface area (Å²) in [5.74, 6) is -0.866. The van der Waals surface area contributed by atoms with Gasteiger partial charge in [0, 0.05) is 12.7 Å². The maximum Gasteiger partial charge on any atom is 0.310 e. The lowest BCUT2D eigenvalue weighted by atomic mass is 9.98. The van der Waals surface area contributed by atoms with E-state index in [9.17, 15) is 4.79 Å². The van der Waals surface area contributed by atoms with E-state index < -0.39 is 11.9 Å². The highest BCUT2D eigenvalue weighted by atomic mass is 16.5. The summed E-state index contributed by atoms with van der Waals surface area (Å²) < 4.78 is 10.2. The maximum absolute atomic E-state index is 11.0. The molecule has 1 aromatic carbocycles. The average molecular weight is 224 g/mol. The molecule has 0 amide bonds. The van der Waals surface area contributed by atoms with Gasteiger partial charge in [0.2, 0.25) is 0 Å². The number of ether oxygens (including phenoxy) is 2. The summed E-state index contributed by atoms with van der Waals surface area (Å²) in [5, 5.41) is 8.99. The number of rotatable bonds is 5. The Kier molecular flexibility index (Phi) is 4.31. The van der Waals surface area contributed by atoms with Crippen LogP contribution in [-0.2, 0) is 16.1 Å². The van der Waals surface area contributed by atoms with Crippen molar-refractivity contribution in [2.75, 3.05) is 14.2 Å². The Bertz CT molecular complexity index is 373. The minimum atomic E-state index is -0.868. The third kappa shape index (κ3) is 2.73. The predicted molar refractivity (Wildman–Crippen MR) is 59.8 cm³/mol. The van der Waals surface area contributed by atoms with Gasteiger partial charge in [0.15, 0.2) is 0 Å². The predicted octanol–water partition coefficient (Wildman–Crippen LogP) is 2.03. The number of carboxylic acids is 1. The molecule has 0 fully saturated rings. The fourth-order valence-corrected chi connectivity index (χ4v) is 1.51. The molecule has 1 N–H and O–H groups in total. The number of hydrogen-bond donors (Lipinski definition) is 1. The van der Waals surface area contributed by atoms with Crippen LogP contribution in [0.1, 0.15) is 24.0 Å². The lowest BCUT2D eigenvalue weighted by Crippen LogP contribution is -2.09. The second-order valence-corrected chi connectivity index (χ2v) is 3.57. The van der Waals surface area contributed by atoms with Crippen LogP contribution in [0.5, 0.6) is 5.75 Å². The van der Waals surface area contributed by atoms with E-state index in [1.165, 1.54) is 7.11 Å². The average Bonchev–Trinajstić information content (AvgIpc) is 2.28. The molecule has 0 aromatic heterocycles. The molecule has 0 radical (unpaired) electrons. The highest BCUT2D eigenvalue weighted by Crippen LogP contribution is 2.28. The fraction of sp³-hybridized carbons (Fsp3) is 0.417. The van der Waals surface area contributed by atoms with Gasteiger partial charge in [-0.15, -0.1) is 0 Å². The topological polar surface area (TPSA) is 55.8 Å². The molecule has 1 unspecified atom stereocenters. The van der Waals surface area contributed by atoms with Crippen molar-refractivity contribution in [3.63, 3.8) is 0 Å². The molecule has 0 bridgehead atoms. The molecule has 1 atom stereocenters. The Hall–Kier alpha value is -1.55. The largest absolute Gasteiger partial charge is 0.496 e. The number of methoxy groups -OCH3 is 2. The van der Waals surface area contributed by atoms with E-state index in [-0.39, 0.29) is 0 Å². The SMILES string of the molecule is COCc1ccc(OC)c(C(C)C(=O)O)c1. The lowest BCUT2D eigenvalue weighted by molar-refractivity contribution is -0.138. The van der Waals surface area contributed by atoms with Gasteiger partial charge in [0.1, 0.15) is 5.75 Å². The number of carbonyl (C=O) groups is 1. The van der Waals surface area contributed by atoms with Gasteiger partial charge in [0.05, 0.1) is 19.6 Å². The molecule has 0 aliphatic heterocycles. The van der Waals surface area contributed by atoms with Crippen molar-refractivity contribution < 1.29 is 19.4 Å². The lowest BCUT2D eigenvalue weighted by Gasteiger charge is -2.13. The first-order valence-electron chi connectivity index (χ1n) is 4.98. The molecular formula is C12H16O4. The highest BCUT2D eigenvalue weighted by Gasteiger charge is 2.18. The quantitative estimate of drug-likeness (QED) is 0.831. The molecule has 1 rings (SSSR count). The van der Waals surface area contributed by atoms with Crippen LogP contribution in [0, 0.1) is 0 Å². The number of aliphatic carboxylic acids is 1. The monoisotopic (exact) mass is 224 g/mol. The van der Waals surface area contributed by atoms with E-state index in [0.29, 0.717) is 17.9 Å². The zero-order chi connectivity index (χ0) is 12.1. The molecule has 16 heavy (non-hydrogen) atoms. The molecule has 1 aromatic rings. The zero-order valence-corrected chi connectivity index (χ0v) is 9.69. The second-order valence-electron chi connectivity index (χ2n) is 3.57. The standard InChI is InChI=1S/C12H16O4/c1-8(12(13)14)10-6-9(7-15-2)4-5-11(10)16-3/h4-6,8H,7H2,1-3H3,(H,13,14). The van der Waals surface area contributed by atoms with Crippen molar-refractivity contribution in [3.8, 4) is 5.75 Å². The van der Waals surface area contributed by atoms with E-state index in [4.69, 9.17) is 14.6 Å². The zero-order valence-electron chi connectivity index (χ0n) is 9.69. The van der Waals surface area contributed by atoms with Gasteiger partial charge in [0.25, 0.3) is 0 Å². The first kappa shape index (κ1) is 12.5. The van der Waals surface area contributed by atoms with E-state index in [0.717, 1.165) is 5.56 Å². The van der Waals surface area contributed by atoms with Gasteiger partial charge < -0.3 is 14.6 Å². The van der Waals surface area contributed by atoms with Crippen LogP contribution in [-0.4, -0.2) is 25.3 Å². The van der Waals surface area contributed by atoms with Crippen LogP contribution in [0.4, 0.5) is 0 Å². The normalized spacial score (nSPS) is 12.2. The highest BCUT2D eigenvalue weighted by molar-refractivity contribution is 5.76. The second kappa shape index (κ2) is 5.51. The molecule has 0 saturated carbocycles. The van der Waals surface area contributed by atoms with Crippen molar-refractivity contribution in [1.82, 2.24) is 0 Å². The van der Waals surface area contributed by atoms with Crippen molar-refractivity contribution in [2.45, 2.75) is 19.4 Å². The van der Waals surface area contributed by atoms with Crippen LogP contribution in [0.3, 0.4) is 0 Å². The molecule has 0 aliphatic carbocycles.